The van der Waals surface area contributed by atoms with Crippen LogP contribution in [-0.2, 0) is 24.3 Å². The Morgan fingerprint density at radius 3 is 2.69 bits per heavy atom. The first-order valence-electron chi connectivity index (χ1n) is 9.69. The molecule has 0 radical (unpaired) electrons. The molecule has 0 bridgehead atoms. The van der Waals surface area contributed by atoms with Crippen molar-refractivity contribution in [2.45, 2.75) is 32.5 Å². The number of hydrogen-bond acceptors (Lipinski definition) is 4. The van der Waals surface area contributed by atoms with Crippen LogP contribution in [0.2, 0.25) is 0 Å². The molecule has 3 N–H and O–H groups in total. The topological polar surface area (TPSA) is 76.6 Å². The number of aliphatic hydroxyl groups excluding tert-OH is 1. The molecule has 0 spiro atoms. The Morgan fingerprint density at radius 2 is 1.97 bits per heavy atom. The molecular formula is C23H24N2O3S. The number of rotatable bonds is 3. The molecule has 1 unspecified atom stereocenters. The van der Waals surface area contributed by atoms with Crippen molar-refractivity contribution < 1.29 is 15.0 Å². The van der Waals surface area contributed by atoms with Crippen LogP contribution in [-0.4, -0.2) is 38.7 Å². The zero-order valence-electron chi connectivity index (χ0n) is 16.3. The highest BCUT2D eigenvalue weighted by Gasteiger charge is 2.22. The summed E-state index contributed by atoms with van der Waals surface area (Å²) in [7, 11) is 0. The number of thiophene rings is 1. The van der Waals surface area contributed by atoms with Crippen molar-refractivity contribution in [1.29, 1.82) is 0 Å². The van der Waals surface area contributed by atoms with Gasteiger partial charge in [0.25, 0.3) is 0 Å². The van der Waals surface area contributed by atoms with E-state index in [-0.39, 0.29) is 0 Å². The third-order valence-electron chi connectivity index (χ3n) is 5.25. The van der Waals surface area contributed by atoms with Gasteiger partial charge in [-0.15, -0.1) is 11.3 Å². The smallest absolute Gasteiger partial charge is 0.332 e. The number of H-pyrrole nitrogens is 1. The van der Waals surface area contributed by atoms with E-state index in [0.29, 0.717) is 0 Å². The molecule has 150 valence electrons. The van der Waals surface area contributed by atoms with E-state index in [1.807, 2.05) is 11.3 Å². The van der Waals surface area contributed by atoms with Gasteiger partial charge in [-0.1, -0.05) is 30.3 Å². The number of aromatic nitrogens is 1. The molecule has 5 nitrogen and oxygen atoms in total. The maximum absolute atomic E-state index is 9.45. The molecule has 0 fully saturated rings. The first-order valence-corrected chi connectivity index (χ1v) is 10.6. The molecule has 2 aromatic heterocycles. The van der Waals surface area contributed by atoms with E-state index >= 15 is 0 Å². The van der Waals surface area contributed by atoms with Gasteiger partial charge in [0.2, 0.25) is 0 Å². The predicted octanol–water partition coefficient (Wildman–Crippen LogP) is 4.39. The van der Waals surface area contributed by atoms with Crippen LogP contribution in [0.1, 0.15) is 23.7 Å². The minimum atomic E-state index is -1.23. The van der Waals surface area contributed by atoms with E-state index in [0.717, 1.165) is 26.1 Å². The van der Waals surface area contributed by atoms with Gasteiger partial charge in [0, 0.05) is 52.7 Å². The molecule has 5 rings (SSSR count). The fraction of sp³-hybridized carbons (Fsp3) is 0.261. The summed E-state index contributed by atoms with van der Waals surface area (Å²) in [6, 6.07) is 17.6. The average molecular weight is 409 g/mol. The Bertz CT molecular complexity index is 1130. The number of fused-ring (bicyclic) bond motifs is 5. The predicted molar refractivity (Wildman–Crippen MR) is 117 cm³/mol. The molecule has 1 atom stereocenters. The molecule has 2 aromatic carbocycles. The molecule has 0 aliphatic carbocycles. The van der Waals surface area contributed by atoms with E-state index in [2.05, 4.69) is 63.8 Å². The maximum Gasteiger partial charge on any atom is 0.332 e. The fourth-order valence-corrected chi connectivity index (χ4v) is 4.59. The van der Waals surface area contributed by atoms with Crippen LogP contribution in [0.5, 0.6) is 0 Å². The molecule has 6 heteroatoms. The van der Waals surface area contributed by atoms with Crippen molar-refractivity contribution in [3.63, 3.8) is 0 Å². The van der Waals surface area contributed by atoms with Crippen molar-refractivity contribution in [3.05, 3.63) is 70.7 Å². The van der Waals surface area contributed by atoms with Gasteiger partial charge >= 0.3 is 5.97 Å². The molecule has 1 aliphatic heterocycles. The molecular weight excluding hydrogens is 384 g/mol. The SMILES string of the molecule is CC(O)C(=O)O.c1ccc(CN2CCc3[nH]c4ccc5sccc5c4c3C2)cc1. The Kier molecular flexibility index (Phi) is 5.67. The first-order chi connectivity index (χ1) is 14.0. The summed E-state index contributed by atoms with van der Waals surface area (Å²) in [5.41, 5.74) is 5.63. The van der Waals surface area contributed by atoms with E-state index < -0.39 is 12.1 Å². The largest absolute Gasteiger partial charge is 0.479 e. The van der Waals surface area contributed by atoms with E-state index in [9.17, 15) is 4.79 Å². The number of carbonyl (C=O) groups is 1. The second-order valence-corrected chi connectivity index (χ2v) is 8.31. The monoisotopic (exact) mass is 408 g/mol. The van der Waals surface area contributed by atoms with Crippen LogP contribution in [0.25, 0.3) is 21.0 Å². The van der Waals surface area contributed by atoms with Gasteiger partial charge < -0.3 is 15.2 Å². The van der Waals surface area contributed by atoms with Crippen molar-refractivity contribution in [3.8, 4) is 0 Å². The zero-order valence-corrected chi connectivity index (χ0v) is 17.1. The lowest BCUT2D eigenvalue weighted by atomic mass is 10.0. The number of benzene rings is 2. The summed E-state index contributed by atoms with van der Waals surface area (Å²) < 4.78 is 1.39. The number of aliphatic hydroxyl groups is 1. The number of carboxylic acid groups (broad SMARTS) is 1. The van der Waals surface area contributed by atoms with E-state index in [1.54, 1.807) is 0 Å². The molecule has 4 aromatic rings. The molecule has 3 heterocycles. The number of hydrogen-bond donors (Lipinski definition) is 3. The Morgan fingerprint density at radius 1 is 1.21 bits per heavy atom. The molecule has 0 amide bonds. The lowest BCUT2D eigenvalue weighted by Crippen LogP contribution is -2.29. The van der Waals surface area contributed by atoms with Crippen molar-refractivity contribution in [2.24, 2.45) is 0 Å². The molecule has 0 saturated carbocycles. The van der Waals surface area contributed by atoms with Gasteiger partial charge in [-0.05, 0) is 41.6 Å². The second kappa shape index (κ2) is 8.37. The highest BCUT2D eigenvalue weighted by molar-refractivity contribution is 7.17. The standard InChI is InChI=1S/C20H18N2S.C3H6O3/c1-2-4-14(5-3-1)12-22-10-8-17-16(13-22)20-15-9-11-23-19(15)7-6-18(20)21-17;1-2(4)3(5)6/h1-7,9,11,21H,8,10,12-13H2;2,4H,1H3,(H,5,6). The van der Waals surface area contributed by atoms with Crippen molar-refractivity contribution in [1.82, 2.24) is 9.88 Å². The summed E-state index contributed by atoms with van der Waals surface area (Å²) in [5, 5.41) is 20.8. The zero-order chi connectivity index (χ0) is 20.4. The normalized spacial score (nSPS) is 15.0. The van der Waals surface area contributed by atoms with Crippen LogP contribution in [0.15, 0.2) is 53.9 Å². The van der Waals surface area contributed by atoms with Crippen molar-refractivity contribution in [2.75, 3.05) is 6.54 Å². The molecule has 29 heavy (non-hydrogen) atoms. The summed E-state index contributed by atoms with van der Waals surface area (Å²) in [6.07, 6.45) is -0.118. The van der Waals surface area contributed by atoms with Crippen LogP contribution in [0, 0.1) is 0 Å². The van der Waals surface area contributed by atoms with Crippen LogP contribution in [0.4, 0.5) is 0 Å². The number of nitrogens with one attached hydrogen (secondary N) is 1. The Balaban J connectivity index is 0.000000302. The van der Waals surface area contributed by atoms with Gasteiger partial charge in [-0.2, -0.15) is 0 Å². The van der Waals surface area contributed by atoms with E-state index in [4.69, 9.17) is 10.2 Å². The number of nitrogens with zero attached hydrogens (tertiary/aromatic N) is 1. The third-order valence-corrected chi connectivity index (χ3v) is 6.14. The van der Waals surface area contributed by atoms with Gasteiger partial charge in [0.15, 0.2) is 0 Å². The number of carboxylic acids is 1. The highest BCUT2D eigenvalue weighted by atomic mass is 32.1. The molecule has 0 saturated heterocycles. The van der Waals surface area contributed by atoms with Gasteiger partial charge in [0.05, 0.1) is 0 Å². The van der Waals surface area contributed by atoms with E-state index in [1.165, 1.54) is 44.7 Å². The van der Waals surface area contributed by atoms with Crippen LogP contribution in [0.3, 0.4) is 0 Å². The summed E-state index contributed by atoms with van der Waals surface area (Å²) in [4.78, 5) is 15.7. The second-order valence-electron chi connectivity index (χ2n) is 7.36. The Hall–Kier alpha value is -2.67. The maximum atomic E-state index is 9.45. The molecule has 1 aliphatic rings. The van der Waals surface area contributed by atoms with Crippen molar-refractivity contribution >= 4 is 38.3 Å². The van der Waals surface area contributed by atoms with Gasteiger partial charge in [-0.25, -0.2) is 4.79 Å². The van der Waals surface area contributed by atoms with Crippen LogP contribution < -0.4 is 0 Å². The van der Waals surface area contributed by atoms with Gasteiger partial charge in [-0.3, -0.25) is 4.90 Å². The first kappa shape index (κ1) is 19.6. The minimum Gasteiger partial charge on any atom is -0.479 e. The summed E-state index contributed by atoms with van der Waals surface area (Å²) in [5.74, 6) is -1.19. The summed E-state index contributed by atoms with van der Waals surface area (Å²) in [6.45, 7) is 4.40. The number of aliphatic carboxylic acids is 1. The number of aromatic amines is 1. The highest BCUT2D eigenvalue weighted by Crippen LogP contribution is 2.35. The Labute approximate surface area is 173 Å². The lowest BCUT2D eigenvalue weighted by molar-refractivity contribution is -0.145. The third kappa shape index (κ3) is 4.19. The lowest BCUT2D eigenvalue weighted by Gasteiger charge is -2.27. The quantitative estimate of drug-likeness (QED) is 0.470. The fourth-order valence-electron chi connectivity index (χ4n) is 3.80. The van der Waals surface area contributed by atoms with Crippen LogP contribution >= 0.6 is 11.3 Å². The minimum absolute atomic E-state index is 1.03. The average Bonchev–Trinajstić information content (AvgIpc) is 3.32. The summed E-state index contributed by atoms with van der Waals surface area (Å²) >= 11 is 1.83. The van der Waals surface area contributed by atoms with Gasteiger partial charge in [0.1, 0.15) is 6.10 Å².